The number of carbonyl (C=O) groups excluding carboxylic acids is 2. The van der Waals surface area contributed by atoms with E-state index in [1.807, 2.05) is 0 Å². The average Bonchev–Trinajstić information content (AvgIpc) is 3.37. The maximum absolute atomic E-state index is 11.9. The van der Waals surface area contributed by atoms with E-state index in [1.54, 1.807) is 11.6 Å². The van der Waals surface area contributed by atoms with Crippen molar-refractivity contribution in [2.24, 2.45) is 5.92 Å². The van der Waals surface area contributed by atoms with Gasteiger partial charge >= 0.3 is 5.97 Å². The Morgan fingerprint density at radius 1 is 1.33 bits per heavy atom. The molecule has 0 spiro atoms. The van der Waals surface area contributed by atoms with Crippen LogP contribution in [0.15, 0.2) is 0 Å². The number of nitrogens with one attached hydrogen (secondary N) is 1. The van der Waals surface area contributed by atoms with Gasteiger partial charge in [-0.2, -0.15) is 0 Å². The highest BCUT2D eigenvalue weighted by atomic mass is 16.5. The van der Waals surface area contributed by atoms with Gasteiger partial charge in [0.2, 0.25) is 5.91 Å². The molecule has 1 amide bonds. The van der Waals surface area contributed by atoms with Crippen LogP contribution in [0.1, 0.15) is 54.7 Å². The SMILES string of the molecule is CCOC(=O)c1nnn(CC(=O)NCC2CC2)c1C1CC1. The summed E-state index contributed by atoms with van der Waals surface area (Å²) in [5, 5.41) is 10.8. The number of nitrogens with zero attached hydrogens (tertiary/aromatic N) is 3. The molecule has 0 saturated heterocycles. The number of hydrogen-bond acceptors (Lipinski definition) is 5. The van der Waals surface area contributed by atoms with Gasteiger partial charge in [-0.25, -0.2) is 9.48 Å². The lowest BCUT2D eigenvalue weighted by molar-refractivity contribution is -0.121. The summed E-state index contributed by atoms with van der Waals surface area (Å²) in [6, 6.07) is 0. The first-order valence-electron chi connectivity index (χ1n) is 7.56. The second-order valence-corrected chi connectivity index (χ2v) is 5.72. The molecule has 0 unspecified atom stereocenters. The molecule has 2 aliphatic carbocycles. The number of amides is 1. The Labute approximate surface area is 123 Å². The number of rotatable bonds is 7. The molecule has 1 N–H and O–H groups in total. The highest BCUT2D eigenvalue weighted by molar-refractivity contribution is 5.88. The Morgan fingerprint density at radius 2 is 2.10 bits per heavy atom. The standard InChI is InChI=1S/C14H20N4O3/c1-2-21-14(20)12-13(10-5-6-10)18(17-16-12)8-11(19)15-7-9-3-4-9/h9-10H,2-8H2,1H3,(H,15,19). The van der Waals surface area contributed by atoms with Crippen LogP contribution in [0.2, 0.25) is 0 Å². The summed E-state index contributed by atoms with van der Waals surface area (Å²) >= 11 is 0. The fourth-order valence-corrected chi connectivity index (χ4v) is 2.31. The van der Waals surface area contributed by atoms with E-state index in [9.17, 15) is 9.59 Å². The first-order chi connectivity index (χ1) is 10.2. The lowest BCUT2D eigenvalue weighted by Gasteiger charge is -2.07. The predicted molar refractivity (Wildman–Crippen MR) is 73.7 cm³/mol. The van der Waals surface area contributed by atoms with Gasteiger partial charge in [-0.1, -0.05) is 5.21 Å². The van der Waals surface area contributed by atoms with Crippen molar-refractivity contribution in [3.63, 3.8) is 0 Å². The maximum atomic E-state index is 11.9. The molecular formula is C14H20N4O3. The minimum atomic E-state index is -0.455. The Kier molecular flexibility index (Phi) is 3.90. The molecule has 7 heteroatoms. The summed E-state index contributed by atoms with van der Waals surface area (Å²) in [4.78, 5) is 23.8. The van der Waals surface area contributed by atoms with E-state index in [0.29, 0.717) is 12.5 Å². The van der Waals surface area contributed by atoms with E-state index in [0.717, 1.165) is 25.1 Å². The van der Waals surface area contributed by atoms with Crippen LogP contribution in [0.25, 0.3) is 0 Å². The zero-order chi connectivity index (χ0) is 14.8. The van der Waals surface area contributed by atoms with Crippen LogP contribution in [-0.4, -0.2) is 40.0 Å². The van der Waals surface area contributed by atoms with Crippen LogP contribution in [-0.2, 0) is 16.1 Å². The summed E-state index contributed by atoms with van der Waals surface area (Å²) in [7, 11) is 0. The summed E-state index contributed by atoms with van der Waals surface area (Å²) < 4.78 is 6.54. The zero-order valence-corrected chi connectivity index (χ0v) is 12.2. The largest absolute Gasteiger partial charge is 0.461 e. The van der Waals surface area contributed by atoms with Crippen LogP contribution in [0.3, 0.4) is 0 Å². The van der Waals surface area contributed by atoms with Crippen molar-refractivity contribution < 1.29 is 14.3 Å². The van der Waals surface area contributed by atoms with Crippen LogP contribution in [0, 0.1) is 5.92 Å². The molecule has 0 aromatic carbocycles. The van der Waals surface area contributed by atoms with Gasteiger partial charge < -0.3 is 10.1 Å². The molecule has 1 aromatic rings. The van der Waals surface area contributed by atoms with E-state index in [-0.39, 0.29) is 24.1 Å². The normalized spacial score (nSPS) is 17.6. The van der Waals surface area contributed by atoms with Crippen molar-refractivity contribution in [3.05, 3.63) is 11.4 Å². The van der Waals surface area contributed by atoms with Crippen molar-refractivity contribution >= 4 is 11.9 Å². The zero-order valence-electron chi connectivity index (χ0n) is 12.2. The Hall–Kier alpha value is -1.92. The first kappa shape index (κ1) is 14.0. The molecule has 2 fully saturated rings. The van der Waals surface area contributed by atoms with Gasteiger partial charge in [-0.3, -0.25) is 4.79 Å². The fourth-order valence-electron chi connectivity index (χ4n) is 2.31. The molecule has 1 aromatic heterocycles. The maximum Gasteiger partial charge on any atom is 0.360 e. The van der Waals surface area contributed by atoms with E-state index in [1.165, 1.54) is 12.8 Å². The van der Waals surface area contributed by atoms with E-state index < -0.39 is 5.97 Å². The van der Waals surface area contributed by atoms with Crippen molar-refractivity contribution in [1.29, 1.82) is 0 Å². The minimum absolute atomic E-state index is 0.0795. The highest BCUT2D eigenvalue weighted by Gasteiger charge is 2.34. The number of esters is 1. The molecule has 3 rings (SSSR count). The van der Waals surface area contributed by atoms with Crippen molar-refractivity contribution in [2.45, 2.75) is 45.1 Å². The fraction of sp³-hybridized carbons (Fsp3) is 0.714. The molecule has 21 heavy (non-hydrogen) atoms. The number of hydrogen-bond donors (Lipinski definition) is 1. The number of carbonyl (C=O) groups is 2. The van der Waals surface area contributed by atoms with Gasteiger partial charge in [0.25, 0.3) is 0 Å². The van der Waals surface area contributed by atoms with Crippen LogP contribution in [0.4, 0.5) is 0 Å². The summed E-state index contributed by atoms with van der Waals surface area (Å²) in [5.41, 5.74) is 1.00. The molecule has 0 atom stereocenters. The van der Waals surface area contributed by atoms with Crippen LogP contribution in [0.5, 0.6) is 0 Å². The molecule has 0 aliphatic heterocycles. The third kappa shape index (κ3) is 3.40. The van der Waals surface area contributed by atoms with Crippen LogP contribution < -0.4 is 5.32 Å². The Balaban J connectivity index is 1.68. The number of aromatic nitrogens is 3. The monoisotopic (exact) mass is 292 g/mol. The molecular weight excluding hydrogens is 272 g/mol. The third-order valence-electron chi connectivity index (χ3n) is 3.78. The number of ether oxygens (including phenoxy) is 1. The van der Waals surface area contributed by atoms with Gasteiger partial charge in [0, 0.05) is 12.5 Å². The predicted octanol–water partition coefficient (Wildman–Crippen LogP) is 0.858. The lowest BCUT2D eigenvalue weighted by atomic mass is 10.2. The van der Waals surface area contributed by atoms with Gasteiger partial charge in [0.05, 0.1) is 12.3 Å². The van der Waals surface area contributed by atoms with Crippen molar-refractivity contribution in [1.82, 2.24) is 20.3 Å². The molecule has 2 aliphatic rings. The molecule has 0 bridgehead atoms. The van der Waals surface area contributed by atoms with E-state index >= 15 is 0 Å². The summed E-state index contributed by atoms with van der Waals surface area (Å²) in [6.07, 6.45) is 4.40. The van der Waals surface area contributed by atoms with Gasteiger partial charge in [-0.05, 0) is 38.5 Å². The quantitative estimate of drug-likeness (QED) is 0.753. The molecule has 0 radical (unpaired) electrons. The molecule has 2 saturated carbocycles. The van der Waals surface area contributed by atoms with E-state index in [4.69, 9.17) is 4.74 Å². The van der Waals surface area contributed by atoms with Crippen LogP contribution >= 0.6 is 0 Å². The second kappa shape index (κ2) is 5.83. The summed E-state index contributed by atoms with van der Waals surface area (Å²) in [5.74, 6) is 0.381. The molecule has 1 heterocycles. The smallest absolute Gasteiger partial charge is 0.360 e. The van der Waals surface area contributed by atoms with Gasteiger partial charge in [0.1, 0.15) is 6.54 Å². The highest BCUT2D eigenvalue weighted by Crippen LogP contribution is 2.41. The molecule has 114 valence electrons. The Morgan fingerprint density at radius 3 is 2.71 bits per heavy atom. The van der Waals surface area contributed by atoms with E-state index in [2.05, 4.69) is 15.6 Å². The lowest BCUT2D eigenvalue weighted by Crippen LogP contribution is -2.30. The van der Waals surface area contributed by atoms with Gasteiger partial charge in [0.15, 0.2) is 5.69 Å². The van der Waals surface area contributed by atoms with Crippen molar-refractivity contribution in [3.8, 4) is 0 Å². The van der Waals surface area contributed by atoms with Gasteiger partial charge in [-0.15, -0.1) is 5.10 Å². The second-order valence-electron chi connectivity index (χ2n) is 5.72. The first-order valence-corrected chi connectivity index (χ1v) is 7.56. The van der Waals surface area contributed by atoms with Crippen molar-refractivity contribution in [2.75, 3.05) is 13.2 Å². The third-order valence-corrected chi connectivity index (χ3v) is 3.78. The summed E-state index contributed by atoms with van der Waals surface area (Å²) in [6.45, 7) is 2.91. The average molecular weight is 292 g/mol. The Bertz CT molecular complexity index is 546. The minimum Gasteiger partial charge on any atom is -0.461 e. The molecule has 7 nitrogen and oxygen atoms in total. The topological polar surface area (TPSA) is 86.1 Å².